The fourth-order valence-electron chi connectivity index (χ4n) is 9.43. The summed E-state index contributed by atoms with van der Waals surface area (Å²) >= 11 is 0. The molecule has 1 unspecified atom stereocenters. The van der Waals surface area contributed by atoms with E-state index in [1.807, 2.05) is 0 Å². The molecule has 430 valence electrons. The van der Waals surface area contributed by atoms with Crippen LogP contribution >= 0.6 is 0 Å². The minimum atomic E-state index is -0.791. The number of esters is 3. The van der Waals surface area contributed by atoms with Gasteiger partial charge in [0.15, 0.2) is 6.10 Å². The number of hydrogen-bond acceptors (Lipinski definition) is 6. The predicted molar refractivity (Wildman–Crippen MR) is 321 cm³/mol. The van der Waals surface area contributed by atoms with Crippen LogP contribution < -0.4 is 0 Å². The summed E-state index contributed by atoms with van der Waals surface area (Å²) in [6, 6.07) is 0. The first-order chi connectivity index (χ1) is 36.5. The SMILES string of the molecule is CC/C=C\C/C=C\C/C=C\C/C=C\CCCCC(=O)OCC(COC(=O)CCCCCCCCCCC/C=C\CCCCCCCCCC)OC(=O)CCCCCCCCCCCCCCCCCCCCCC. The van der Waals surface area contributed by atoms with Crippen molar-refractivity contribution in [3.63, 3.8) is 0 Å². The number of carbonyl (C=O) groups is 3. The van der Waals surface area contributed by atoms with Crippen molar-refractivity contribution in [1.82, 2.24) is 0 Å². The van der Waals surface area contributed by atoms with Crippen LogP contribution in [-0.2, 0) is 28.6 Å². The van der Waals surface area contributed by atoms with Gasteiger partial charge in [-0.05, 0) is 83.5 Å². The van der Waals surface area contributed by atoms with Gasteiger partial charge in [-0.2, -0.15) is 0 Å². The number of unbranched alkanes of at least 4 members (excludes halogenated alkanes) is 38. The Labute approximate surface area is 460 Å². The summed E-state index contributed by atoms with van der Waals surface area (Å²) in [6.07, 6.45) is 79.5. The molecule has 1 atom stereocenters. The van der Waals surface area contributed by atoms with Crippen molar-refractivity contribution in [3.05, 3.63) is 60.8 Å². The van der Waals surface area contributed by atoms with Crippen LogP contribution in [0.15, 0.2) is 60.8 Å². The monoisotopic (exact) mass is 1030 g/mol. The average molecular weight is 1040 g/mol. The molecule has 6 heteroatoms. The van der Waals surface area contributed by atoms with Crippen molar-refractivity contribution in [2.75, 3.05) is 13.2 Å². The number of ether oxygens (including phenoxy) is 3. The van der Waals surface area contributed by atoms with Crippen molar-refractivity contribution < 1.29 is 28.6 Å². The second-order valence-corrected chi connectivity index (χ2v) is 21.6. The van der Waals surface area contributed by atoms with Crippen LogP contribution in [0.1, 0.15) is 335 Å². The number of hydrogen-bond donors (Lipinski definition) is 0. The van der Waals surface area contributed by atoms with Gasteiger partial charge in [-0.1, -0.05) is 293 Å². The molecule has 0 saturated carbocycles. The van der Waals surface area contributed by atoms with Gasteiger partial charge in [-0.15, -0.1) is 0 Å². The molecule has 0 aromatic rings. The summed E-state index contributed by atoms with van der Waals surface area (Å²) in [4.78, 5) is 38.3. The highest BCUT2D eigenvalue weighted by Gasteiger charge is 2.19. The molecule has 0 aromatic carbocycles. The van der Waals surface area contributed by atoms with Crippen molar-refractivity contribution in [1.29, 1.82) is 0 Å². The molecule has 0 amide bonds. The largest absolute Gasteiger partial charge is 0.462 e. The Hall–Kier alpha value is -2.89. The number of carbonyl (C=O) groups excluding carboxylic acids is 3. The summed E-state index contributed by atoms with van der Waals surface area (Å²) in [5.74, 6) is -0.911. The maximum absolute atomic E-state index is 12.9. The molecule has 74 heavy (non-hydrogen) atoms. The maximum Gasteiger partial charge on any atom is 0.306 e. The van der Waals surface area contributed by atoms with Crippen molar-refractivity contribution in [2.45, 2.75) is 341 Å². The zero-order valence-corrected chi connectivity index (χ0v) is 49.4. The van der Waals surface area contributed by atoms with Gasteiger partial charge >= 0.3 is 17.9 Å². The Kier molecular flexibility index (Phi) is 60.2. The average Bonchev–Trinajstić information content (AvgIpc) is 3.40. The summed E-state index contributed by atoms with van der Waals surface area (Å²) < 4.78 is 16.9. The lowest BCUT2D eigenvalue weighted by molar-refractivity contribution is -0.167. The molecule has 0 aliphatic heterocycles. The first-order valence-corrected chi connectivity index (χ1v) is 32.3. The summed E-state index contributed by atoms with van der Waals surface area (Å²) in [5.41, 5.74) is 0. The van der Waals surface area contributed by atoms with E-state index < -0.39 is 6.10 Å². The van der Waals surface area contributed by atoms with Gasteiger partial charge < -0.3 is 14.2 Å². The normalized spacial score (nSPS) is 12.4. The molecule has 0 radical (unpaired) electrons. The number of rotatable bonds is 59. The first-order valence-electron chi connectivity index (χ1n) is 32.3. The first kappa shape index (κ1) is 71.1. The van der Waals surface area contributed by atoms with E-state index in [9.17, 15) is 14.4 Å². The van der Waals surface area contributed by atoms with Crippen molar-refractivity contribution in [2.24, 2.45) is 0 Å². The quantitative estimate of drug-likeness (QED) is 0.0261. The van der Waals surface area contributed by atoms with Gasteiger partial charge in [0.25, 0.3) is 0 Å². The van der Waals surface area contributed by atoms with Crippen LogP contribution in [0.4, 0.5) is 0 Å². The fraction of sp³-hybridized carbons (Fsp3) is 0.809. The molecule has 0 rings (SSSR count). The van der Waals surface area contributed by atoms with Crippen LogP contribution in [0.2, 0.25) is 0 Å². The van der Waals surface area contributed by atoms with E-state index >= 15 is 0 Å². The van der Waals surface area contributed by atoms with Gasteiger partial charge in [0, 0.05) is 19.3 Å². The van der Waals surface area contributed by atoms with Crippen LogP contribution in [-0.4, -0.2) is 37.2 Å². The van der Waals surface area contributed by atoms with Crippen LogP contribution in [0.5, 0.6) is 0 Å². The molecular weight excluding hydrogens is 913 g/mol. The summed E-state index contributed by atoms with van der Waals surface area (Å²) in [5, 5.41) is 0. The van der Waals surface area contributed by atoms with Gasteiger partial charge in [0.1, 0.15) is 13.2 Å². The third-order valence-electron chi connectivity index (χ3n) is 14.3. The molecule has 0 saturated heterocycles. The van der Waals surface area contributed by atoms with E-state index in [1.165, 1.54) is 212 Å². The lowest BCUT2D eigenvalue weighted by Crippen LogP contribution is -2.30. The molecular formula is C68H122O6. The highest BCUT2D eigenvalue weighted by Crippen LogP contribution is 2.17. The fourth-order valence-corrected chi connectivity index (χ4v) is 9.43. The van der Waals surface area contributed by atoms with Crippen molar-refractivity contribution in [3.8, 4) is 0 Å². The van der Waals surface area contributed by atoms with E-state index in [4.69, 9.17) is 14.2 Å². The Morgan fingerprint density at radius 2 is 0.527 bits per heavy atom. The molecule has 6 nitrogen and oxygen atoms in total. The zero-order chi connectivity index (χ0) is 53.6. The van der Waals surface area contributed by atoms with Gasteiger partial charge in [-0.3, -0.25) is 14.4 Å². The summed E-state index contributed by atoms with van der Waals surface area (Å²) in [6.45, 7) is 6.54. The van der Waals surface area contributed by atoms with Crippen LogP contribution in [0, 0.1) is 0 Å². The standard InChI is InChI=1S/C68H122O6/c1-4-7-10-13-16-19-22-25-28-30-32-34-36-37-40-43-46-49-52-55-58-61-67(70)73-64-65(63-72-66(69)60-57-54-51-48-45-42-39-27-24-21-18-15-12-9-6-3)74-68(71)62-59-56-53-50-47-44-41-38-35-33-31-29-26-23-20-17-14-11-8-5-2/h9,12,18,21,27,30,32,39,45,48,65H,4-8,10-11,13-17,19-20,22-26,28-29,31,33-38,40-44,46-47,49-64H2,1-3H3/b12-9-,21-18-,32-30-,39-27-,48-45-. The lowest BCUT2D eigenvalue weighted by atomic mass is 10.0. The third kappa shape index (κ3) is 60.0. The molecule has 0 aliphatic carbocycles. The molecule has 0 spiro atoms. The third-order valence-corrected chi connectivity index (χ3v) is 14.3. The van der Waals surface area contributed by atoms with E-state index in [0.717, 1.165) is 83.5 Å². The topological polar surface area (TPSA) is 78.9 Å². The number of allylic oxidation sites excluding steroid dienone is 10. The van der Waals surface area contributed by atoms with Crippen molar-refractivity contribution >= 4 is 17.9 Å². The minimum absolute atomic E-state index is 0.0853. The van der Waals surface area contributed by atoms with Crippen LogP contribution in [0.3, 0.4) is 0 Å². The second-order valence-electron chi connectivity index (χ2n) is 21.6. The Morgan fingerprint density at radius 1 is 0.284 bits per heavy atom. The van der Waals surface area contributed by atoms with Crippen LogP contribution in [0.25, 0.3) is 0 Å². The van der Waals surface area contributed by atoms with E-state index in [-0.39, 0.29) is 31.1 Å². The van der Waals surface area contributed by atoms with E-state index in [0.29, 0.717) is 19.3 Å². The Bertz CT molecular complexity index is 1330. The van der Waals surface area contributed by atoms with E-state index in [1.54, 1.807) is 0 Å². The molecule has 0 aliphatic rings. The van der Waals surface area contributed by atoms with Gasteiger partial charge in [0.2, 0.25) is 0 Å². The molecule has 0 fully saturated rings. The molecule has 0 bridgehead atoms. The summed E-state index contributed by atoms with van der Waals surface area (Å²) in [7, 11) is 0. The second kappa shape index (κ2) is 62.6. The molecule has 0 aromatic heterocycles. The molecule has 0 N–H and O–H groups in total. The van der Waals surface area contributed by atoms with Gasteiger partial charge in [0.05, 0.1) is 0 Å². The lowest BCUT2D eigenvalue weighted by Gasteiger charge is -2.18. The highest BCUT2D eigenvalue weighted by atomic mass is 16.6. The smallest absolute Gasteiger partial charge is 0.306 e. The highest BCUT2D eigenvalue weighted by molar-refractivity contribution is 5.71. The predicted octanol–water partition coefficient (Wildman–Crippen LogP) is 21.9. The van der Waals surface area contributed by atoms with E-state index in [2.05, 4.69) is 81.5 Å². The molecule has 0 heterocycles. The maximum atomic E-state index is 12.9. The Balaban J connectivity index is 4.36. The Morgan fingerprint density at radius 3 is 0.865 bits per heavy atom. The minimum Gasteiger partial charge on any atom is -0.462 e. The van der Waals surface area contributed by atoms with Gasteiger partial charge in [-0.25, -0.2) is 0 Å². The zero-order valence-electron chi connectivity index (χ0n) is 49.4.